The quantitative estimate of drug-likeness (QED) is 0.845. The average molecular weight is 232 g/mol. The van der Waals surface area contributed by atoms with Gasteiger partial charge in [-0.1, -0.05) is 23.2 Å². The van der Waals surface area contributed by atoms with E-state index < -0.39 is 0 Å². The minimum absolute atomic E-state index is 0.564. The third kappa shape index (κ3) is 1.80. The molecule has 1 aromatic rings. The van der Waals surface area contributed by atoms with Crippen molar-refractivity contribution in [2.24, 2.45) is 11.7 Å². The summed E-state index contributed by atoms with van der Waals surface area (Å²) in [5.74, 6) is 1.38. The van der Waals surface area contributed by atoms with Gasteiger partial charge in [-0.15, -0.1) is 0 Å². The van der Waals surface area contributed by atoms with Gasteiger partial charge in [-0.05, 0) is 12.6 Å². The van der Waals surface area contributed by atoms with Gasteiger partial charge in [-0.25, -0.2) is 4.98 Å². The van der Waals surface area contributed by atoms with E-state index in [2.05, 4.69) is 9.88 Å². The van der Waals surface area contributed by atoms with Crippen LogP contribution in [0.25, 0.3) is 0 Å². The summed E-state index contributed by atoms with van der Waals surface area (Å²) in [4.78, 5) is 6.30. The molecule has 5 heteroatoms. The van der Waals surface area contributed by atoms with Crippen LogP contribution < -0.4 is 10.6 Å². The monoisotopic (exact) mass is 231 g/mol. The van der Waals surface area contributed by atoms with E-state index in [4.69, 9.17) is 28.9 Å². The molecular weight excluding hydrogens is 221 g/mol. The number of nitrogens with zero attached hydrogens (tertiary/aromatic N) is 2. The molecule has 1 aliphatic heterocycles. The summed E-state index contributed by atoms with van der Waals surface area (Å²) in [5.41, 5.74) is 5.54. The number of nitrogens with two attached hydrogens (primary N) is 1. The van der Waals surface area contributed by atoms with Crippen molar-refractivity contribution < 1.29 is 0 Å². The van der Waals surface area contributed by atoms with Gasteiger partial charge in [0.05, 0.1) is 10.0 Å². The van der Waals surface area contributed by atoms with Gasteiger partial charge < -0.3 is 10.6 Å². The molecule has 1 saturated heterocycles. The van der Waals surface area contributed by atoms with E-state index in [0.29, 0.717) is 16.0 Å². The lowest BCUT2D eigenvalue weighted by Gasteiger charge is -2.39. The third-order valence-electron chi connectivity index (χ3n) is 2.38. The Morgan fingerprint density at radius 2 is 2.21 bits per heavy atom. The fraction of sp³-hybridized carbons (Fsp3) is 0.444. The smallest absolute Gasteiger partial charge is 0.147 e. The highest BCUT2D eigenvalue weighted by Gasteiger charge is 2.27. The molecule has 0 atom stereocenters. The Bertz CT molecular complexity index is 337. The topological polar surface area (TPSA) is 42.1 Å². The van der Waals surface area contributed by atoms with E-state index in [1.165, 1.54) is 0 Å². The molecule has 0 spiro atoms. The maximum atomic E-state index is 6.01. The van der Waals surface area contributed by atoms with Crippen molar-refractivity contribution in [3.63, 3.8) is 0 Å². The second kappa shape index (κ2) is 3.93. The van der Waals surface area contributed by atoms with Crippen LogP contribution in [0.15, 0.2) is 12.3 Å². The second-order valence-electron chi connectivity index (χ2n) is 3.47. The molecule has 0 saturated carbocycles. The van der Waals surface area contributed by atoms with E-state index in [0.717, 1.165) is 25.5 Å². The molecular formula is C9H11Cl2N3. The first-order chi connectivity index (χ1) is 6.70. The van der Waals surface area contributed by atoms with E-state index >= 15 is 0 Å². The van der Waals surface area contributed by atoms with Crippen molar-refractivity contribution in [1.82, 2.24) is 4.98 Å². The SMILES string of the molecule is NCC1CN(c2ncc(Cl)cc2Cl)C1. The van der Waals surface area contributed by atoms with Crippen molar-refractivity contribution in [3.8, 4) is 0 Å². The third-order valence-corrected chi connectivity index (χ3v) is 2.86. The van der Waals surface area contributed by atoms with Gasteiger partial charge in [0.2, 0.25) is 0 Å². The summed E-state index contributed by atoms with van der Waals surface area (Å²) in [7, 11) is 0. The number of aromatic nitrogens is 1. The fourth-order valence-electron chi connectivity index (χ4n) is 1.53. The number of rotatable bonds is 2. The first-order valence-corrected chi connectivity index (χ1v) is 5.22. The van der Waals surface area contributed by atoms with Crippen molar-refractivity contribution in [1.29, 1.82) is 0 Å². The molecule has 1 aliphatic rings. The Labute approximate surface area is 92.8 Å². The Hall–Kier alpha value is -0.510. The first-order valence-electron chi connectivity index (χ1n) is 4.46. The molecule has 0 amide bonds. The van der Waals surface area contributed by atoms with Crippen LogP contribution in [0, 0.1) is 5.92 Å². The van der Waals surface area contributed by atoms with Crippen LogP contribution in [-0.4, -0.2) is 24.6 Å². The predicted molar refractivity (Wildman–Crippen MR) is 59.0 cm³/mol. The molecule has 14 heavy (non-hydrogen) atoms. The maximum Gasteiger partial charge on any atom is 0.147 e. The molecule has 3 nitrogen and oxygen atoms in total. The summed E-state index contributed by atoms with van der Waals surface area (Å²) < 4.78 is 0. The summed E-state index contributed by atoms with van der Waals surface area (Å²) in [6, 6.07) is 1.71. The van der Waals surface area contributed by atoms with Gasteiger partial charge in [-0.2, -0.15) is 0 Å². The van der Waals surface area contributed by atoms with Crippen LogP contribution in [0.3, 0.4) is 0 Å². The lowest BCUT2D eigenvalue weighted by molar-refractivity contribution is 0.417. The van der Waals surface area contributed by atoms with Crippen LogP contribution in [0.2, 0.25) is 10.0 Å². The maximum absolute atomic E-state index is 6.01. The molecule has 0 aromatic carbocycles. The zero-order chi connectivity index (χ0) is 10.1. The number of hydrogen-bond donors (Lipinski definition) is 1. The number of halogens is 2. The molecule has 1 aromatic heterocycles. The molecule has 2 N–H and O–H groups in total. The van der Waals surface area contributed by atoms with Crippen molar-refractivity contribution >= 4 is 29.0 Å². The van der Waals surface area contributed by atoms with Crippen molar-refractivity contribution in [2.75, 3.05) is 24.5 Å². The lowest BCUT2D eigenvalue weighted by Crippen LogP contribution is -2.50. The highest BCUT2D eigenvalue weighted by Crippen LogP contribution is 2.30. The summed E-state index contributed by atoms with van der Waals surface area (Å²) in [6.45, 7) is 2.59. The highest BCUT2D eigenvalue weighted by molar-refractivity contribution is 6.36. The molecule has 0 aliphatic carbocycles. The largest absolute Gasteiger partial charge is 0.355 e. The van der Waals surface area contributed by atoms with Gasteiger partial charge in [0.1, 0.15) is 5.82 Å². The van der Waals surface area contributed by atoms with Gasteiger partial charge in [-0.3, -0.25) is 0 Å². The standard InChI is InChI=1S/C9H11Cl2N3/c10-7-1-8(11)9(13-3-7)14-4-6(2-12)5-14/h1,3,6H,2,4-5,12H2. The zero-order valence-corrected chi connectivity index (χ0v) is 9.09. The molecule has 2 heterocycles. The van der Waals surface area contributed by atoms with Crippen molar-refractivity contribution in [2.45, 2.75) is 0 Å². The van der Waals surface area contributed by atoms with Crippen LogP contribution in [-0.2, 0) is 0 Å². The Balaban J connectivity index is 2.11. The molecule has 0 radical (unpaired) electrons. The number of hydrogen-bond acceptors (Lipinski definition) is 3. The predicted octanol–water partition coefficient (Wildman–Crippen LogP) is 1.78. The van der Waals surface area contributed by atoms with Crippen LogP contribution >= 0.6 is 23.2 Å². The minimum atomic E-state index is 0.564. The fourth-order valence-corrected chi connectivity index (χ4v) is 2.03. The van der Waals surface area contributed by atoms with E-state index in [1.807, 2.05) is 0 Å². The molecule has 2 rings (SSSR count). The minimum Gasteiger partial charge on any atom is -0.355 e. The van der Waals surface area contributed by atoms with Gasteiger partial charge >= 0.3 is 0 Å². The van der Waals surface area contributed by atoms with E-state index in [1.54, 1.807) is 12.3 Å². The van der Waals surface area contributed by atoms with Crippen LogP contribution in [0.1, 0.15) is 0 Å². The van der Waals surface area contributed by atoms with Gasteiger partial charge in [0.15, 0.2) is 0 Å². The number of anilines is 1. The van der Waals surface area contributed by atoms with Gasteiger partial charge in [0.25, 0.3) is 0 Å². The molecule has 76 valence electrons. The Morgan fingerprint density at radius 3 is 2.79 bits per heavy atom. The highest BCUT2D eigenvalue weighted by atomic mass is 35.5. The summed E-state index contributed by atoms with van der Waals surface area (Å²) in [6.07, 6.45) is 1.61. The van der Waals surface area contributed by atoms with Crippen LogP contribution in [0.4, 0.5) is 5.82 Å². The molecule has 0 bridgehead atoms. The summed E-state index contributed by atoms with van der Waals surface area (Å²) >= 11 is 11.8. The lowest BCUT2D eigenvalue weighted by atomic mass is 10.0. The summed E-state index contributed by atoms with van der Waals surface area (Å²) in [5, 5.41) is 1.17. The Kier molecular flexibility index (Phi) is 2.81. The van der Waals surface area contributed by atoms with Crippen molar-refractivity contribution in [3.05, 3.63) is 22.3 Å². The zero-order valence-electron chi connectivity index (χ0n) is 7.58. The normalized spacial score (nSPS) is 16.9. The molecule has 0 unspecified atom stereocenters. The molecule has 1 fully saturated rings. The Morgan fingerprint density at radius 1 is 1.50 bits per heavy atom. The number of pyridine rings is 1. The van der Waals surface area contributed by atoms with Crippen LogP contribution in [0.5, 0.6) is 0 Å². The van der Waals surface area contributed by atoms with E-state index in [-0.39, 0.29) is 0 Å². The second-order valence-corrected chi connectivity index (χ2v) is 4.31. The average Bonchev–Trinajstić information content (AvgIpc) is 2.06. The van der Waals surface area contributed by atoms with Gasteiger partial charge in [0, 0.05) is 25.2 Å². The van der Waals surface area contributed by atoms with E-state index in [9.17, 15) is 0 Å². The first kappa shape index (κ1) is 10.0.